The van der Waals surface area contributed by atoms with Gasteiger partial charge in [0.25, 0.3) is 0 Å². The summed E-state index contributed by atoms with van der Waals surface area (Å²) in [5.41, 5.74) is 0. The third-order valence-electron chi connectivity index (χ3n) is 9.06. The summed E-state index contributed by atoms with van der Waals surface area (Å²) in [4.78, 5) is 48.2. The fourth-order valence-electron chi connectivity index (χ4n) is 5.96. The van der Waals surface area contributed by atoms with Crippen molar-refractivity contribution in [3.05, 3.63) is 0 Å². The number of amides is 2. The minimum Gasteiger partial charge on any atom is -0.394 e. The lowest BCUT2D eigenvalue weighted by atomic mass is 9.96. The number of aliphatic hydroxyl groups excluding tert-OH is 10. The van der Waals surface area contributed by atoms with E-state index in [-0.39, 0.29) is 37.6 Å². The van der Waals surface area contributed by atoms with Crippen molar-refractivity contribution in [2.24, 2.45) is 0 Å². The number of ketones is 2. The van der Waals surface area contributed by atoms with Gasteiger partial charge in [-0.15, -0.1) is 0 Å². The van der Waals surface area contributed by atoms with Crippen LogP contribution in [0.3, 0.4) is 0 Å². The van der Waals surface area contributed by atoms with Gasteiger partial charge in [0.05, 0.1) is 26.4 Å². The van der Waals surface area contributed by atoms with Gasteiger partial charge < -0.3 is 94.9 Å². The highest BCUT2D eigenvalue weighted by atomic mass is 16.7. The molecule has 0 spiro atoms. The van der Waals surface area contributed by atoms with Crippen LogP contribution in [-0.2, 0) is 47.6 Å². The summed E-state index contributed by atoms with van der Waals surface area (Å²) in [7, 11) is 0. The van der Waals surface area contributed by atoms with Crippen molar-refractivity contribution < 1.29 is 98.7 Å². The number of hydrogen-bond donors (Lipinski definition) is 12. The molecule has 0 aromatic rings. The summed E-state index contributed by atoms with van der Waals surface area (Å²) in [5, 5.41) is 108. The molecular formula is C32H54N2O20. The normalized spacial score (nSPS) is 37.7. The maximum atomic E-state index is 12.9. The predicted octanol–water partition coefficient (Wildman–Crippen LogP) is -6.82. The lowest BCUT2D eigenvalue weighted by molar-refractivity contribution is -0.366. The van der Waals surface area contributed by atoms with E-state index in [0.717, 1.165) is 0 Å². The summed E-state index contributed by atoms with van der Waals surface area (Å²) in [5.74, 6) is -1.65. The SMILES string of the molecule is CC(=O)CCCCC(=O)NC(CC(C)=O)C(=O)NCCO[C@H]1O[C@H](CO[C@H]2O[C@H](CO)[C@@H](O)[C@H](O)[C@@H]2O)[C@@H](O)[C@H](O[C@H]2O[C@H](CO)[C@@H](O)[C@H](O)[C@@H]2O)[C@@H]1O. The molecule has 3 aliphatic heterocycles. The fourth-order valence-corrected chi connectivity index (χ4v) is 5.96. The van der Waals surface area contributed by atoms with E-state index in [1.54, 1.807) is 0 Å². The second kappa shape index (κ2) is 21.8. The minimum atomic E-state index is -1.94. The summed E-state index contributed by atoms with van der Waals surface area (Å²) >= 11 is 0. The molecule has 3 heterocycles. The Labute approximate surface area is 309 Å². The highest BCUT2D eigenvalue weighted by Gasteiger charge is 2.52. The van der Waals surface area contributed by atoms with Gasteiger partial charge in [0.15, 0.2) is 18.9 Å². The molecule has 0 bridgehead atoms. The molecule has 3 saturated heterocycles. The first-order chi connectivity index (χ1) is 25.5. The number of carbonyl (C=O) groups is 4. The van der Waals surface area contributed by atoms with Crippen molar-refractivity contribution >= 4 is 23.4 Å². The maximum absolute atomic E-state index is 12.9. The van der Waals surface area contributed by atoms with Crippen molar-refractivity contribution in [1.82, 2.24) is 10.6 Å². The number of aliphatic hydroxyl groups is 10. The fraction of sp³-hybridized carbons (Fsp3) is 0.875. The van der Waals surface area contributed by atoms with Crippen LogP contribution in [-0.4, -0.2) is 206 Å². The van der Waals surface area contributed by atoms with E-state index >= 15 is 0 Å². The zero-order chi connectivity index (χ0) is 40.3. The Balaban J connectivity index is 1.68. The van der Waals surface area contributed by atoms with Crippen LogP contribution in [0.5, 0.6) is 0 Å². The Kier molecular flexibility index (Phi) is 18.6. The minimum absolute atomic E-state index is 0.0223. The van der Waals surface area contributed by atoms with E-state index in [4.69, 9.17) is 28.4 Å². The molecule has 0 saturated carbocycles. The lowest BCUT2D eigenvalue weighted by Gasteiger charge is -2.46. The van der Waals surface area contributed by atoms with E-state index in [2.05, 4.69) is 10.6 Å². The molecule has 1 unspecified atom stereocenters. The molecule has 312 valence electrons. The topological polar surface area (TPSA) is 350 Å². The summed E-state index contributed by atoms with van der Waals surface area (Å²) in [6.07, 6.45) is -24.9. The van der Waals surface area contributed by atoms with E-state index in [9.17, 15) is 70.2 Å². The number of rotatable bonds is 20. The van der Waals surface area contributed by atoms with E-state index in [1.807, 2.05) is 0 Å². The van der Waals surface area contributed by atoms with Crippen LogP contribution in [0.15, 0.2) is 0 Å². The van der Waals surface area contributed by atoms with Gasteiger partial charge in [0.2, 0.25) is 11.8 Å². The van der Waals surface area contributed by atoms with Gasteiger partial charge in [0.1, 0.15) is 90.9 Å². The van der Waals surface area contributed by atoms with Crippen LogP contribution in [0.4, 0.5) is 0 Å². The standard InChI is InChI=1S/C32H54N2O20/c1-13(37)5-3-4-6-19(39)34-15(9-14(2)38)29(48)33-7-8-49-31-27(47)28(54-32-26(46)24(44)21(41)17(11-36)52-32)22(42)18(53-31)12-50-30-25(45)23(43)20(40)16(10-35)51-30/h15-18,20-28,30-32,35-36,40-47H,3-12H2,1-2H3,(H,33,48)(H,34,39)/t15?,16-,17-,18-,20-,21-,22-,23+,24+,25+,26+,27+,28+,30+,31+,32-/m1/s1. The number of hydrogen-bond acceptors (Lipinski definition) is 20. The first kappa shape index (κ1) is 46.0. The molecule has 16 atom stereocenters. The predicted molar refractivity (Wildman–Crippen MR) is 174 cm³/mol. The van der Waals surface area contributed by atoms with Crippen LogP contribution in [0, 0.1) is 0 Å². The van der Waals surface area contributed by atoms with Crippen LogP contribution in [0.25, 0.3) is 0 Å². The molecule has 22 heteroatoms. The summed E-state index contributed by atoms with van der Waals surface area (Å²) in [6, 6.07) is -1.23. The zero-order valence-electron chi connectivity index (χ0n) is 29.9. The average molecular weight is 787 g/mol. The van der Waals surface area contributed by atoms with Crippen molar-refractivity contribution in [3.8, 4) is 0 Å². The molecule has 0 aromatic heterocycles. The molecule has 54 heavy (non-hydrogen) atoms. The van der Waals surface area contributed by atoms with E-state index in [0.29, 0.717) is 19.3 Å². The van der Waals surface area contributed by atoms with Gasteiger partial charge >= 0.3 is 0 Å². The average Bonchev–Trinajstić information content (AvgIpc) is 3.12. The van der Waals surface area contributed by atoms with E-state index < -0.39 is 130 Å². The van der Waals surface area contributed by atoms with Crippen molar-refractivity contribution in [2.45, 2.75) is 144 Å². The van der Waals surface area contributed by atoms with Gasteiger partial charge in [-0.2, -0.15) is 0 Å². The second-order valence-electron chi connectivity index (χ2n) is 13.4. The smallest absolute Gasteiger partial charge is 0.243 e. The Morgan fingerprint density at radius 1 is 0.630 bits per heavy atom. The third-order valence-corrected chi connectivity index (χ3v) is 9.06. The first-order valence-electron chi connectivity index (χ1n) is 17.6. The van der Waals surface area contributed by atoms with Gasteiger partial charge in [-0.25, -0.2) is 0 Å². The Morgan fingerprint density at radius 3 is 1.74 bits per heavy atom. The maximum Gasteiger partial charge on any atom is 0.243 e. The van der Waals surface area contributed by atoms with Gasteiger partial charge in [-0.1, -0.05) is 0 Å². The first-order valence-corrected chi connectivity index (χ1v) is 17.6. The largest absolute Gasteiger partial charge is 0.394 e. The van der Waals surface area contributed by atoms with Crippen molar-refractivity contribution in [2.75, 3.05) is 33.0 Å². The molecular weight excluding hydrogens is 732 g/mol. The van der Waals surface area contributed by atoms with Crippen LogP contribution in [0.1, 0.15) is 46.0 Å². The van der Waals surface area contributed by atoms with Crippen molar-refractivity contribution in [3.63, 3.8) is 0 Å². The van der Waals surface area contributed by atoms with E-state index in [1.165, 1.54) is 13.8 Å². The highest BCUT2D eigenvalue weighted by molar-refractivity contribution is 5.91. The molecule has 0 radical (unpaired) electrons. The van der Waals surface area contributed by atoms with Crippen molar-refractivity contribution in [1.29, 1.82) is 0 Å². The second-order valence-corrected chi connectivity index (χ2v) is 13.4. The lowest BCUT2D eigenvalue weighted by Crippen LogP contribution is -2.65. The zero-order valence-corrected chi connectivity index (χ0v) is 29.9. The van der Waals surface area contributed by atoms with Crippen LogP contribution >= 0.6 is 0 Å². The Bertz CT molecular complexity index is 1210. The van der Waals surface area contributed by atoms with Crippen LogP contribution < -0.4 is 10.6 Å². The summed E-state index contributed by atoms with van der Waals surface area (Å²) in [6.45, 7) is -0.232. The molecule has 3 fully saturated rings. The Morgan fingerprint density at radius 2 is 1.17 bits per heavy atom. The molecule has 2 amide bonds. The number of nitrogens with one attached hydrogen (secondary N) is 2. The van der Waals surface area contributed by atoms with Gasteiger partial charge in [0, 0.05) is 25.8 Å². The molecule has 3 rings (SSSR count). The number of Topliss-reactive ketones (excluding diaryl/α,β-unsaturated/α-hetero) is 2. The molecule has 0 aliphatic carbocycles. The van der Waals surface area contributed by atoms with Gasteiger partial charge in [-0.3, -0.25) is 14.4 Å². The number of unbranched alkanes of at least 4 members (excludes halogenated alkanes) is 1. The number of carbonyl (C=O) groups excluding carboxylic acids is 4. The molecule has 12 N–H and O–H groups in total. The molecule has 0 aromatic carbocycles. The quantitative estimate of drug-likeness (QED) is 0.0510. The monoisotopic (exact) mass is 786 g/mol. The third kappa shape index (κ3) is 12.6. The number of ether oxygens (including phenoxy) is 6. The molecule has 3 aliphatic rings. The highest BCUT2D eigenvalue weighted by Crippen LogP contribution is 2.31. The summed E-state index contributed by atoms with van der Waals surface area (Å²) < 4.78 is 33.1. The van der Waals surface area contributed by atoms with Crippen LogP contribution in [0.2, 0.25) is 0 Å². The van der Waals surface area contributed by atoms with Gasteiger partial charge in [-0.05, 0) is 26.7 Å². The molecule has 22 nitrogen and oxygen atoms in total. The Hall–Kier alpha value is -2.36.